The first-order valence-electron chi connectivity index (χ1n) is 6.34. The Bertz CT molecular complexity index is 559. The predicted molar refractivity (Wildman–Crippen MR) is 84.3 cm³/mol. The quantitative estimate of drug-likeness (QED) is 0.443. The molecular weight excluding hydrogens is 330 g/mol. The van der Waals surface area contributed by atoms with Crippen LogP contribution >= 0.6 is 34.9 Å². The number of thioether (sulfide) groups is 2. The fourth-order valence-electron chi connectivity index (χ4n) is 1.61. The summed E-state index contributed by atoms with van der Waals surface area (Å²) in [5, 5.41) is 9.56. The van der Waals surface area contributed by atoms with Crippen LogP contribution in [0, 0.1) is 6.92 Å². The van der Waals surface area contributed by atoms with E-state index in [2.05, 4.69) is 10.2 Å². The van der Waals surface area contributed by atoms with Gasteiger partial charge >= 0.3 is 5.97 Å². The summed E-state index contributed by atoms with van der Waals surface area (Å²) in [5.74, 6) is 0.686. The Hall–Kier alpha value is -1.06. The van der Waals surface area contributed by atoms with Crippen LogP contribution in [0.25, 0.3) is 0 Å². The Morgan fingerprint density at radius 1 is 1.52 bits per heavy atom. The van der Waals surface area contributed by atoms with Gasteiger partial charge in [0.1, 0.15) is 5.01 Å². The minimum Gasteiger partial charge on any atom is -0.463 e. The van der Waals surface area contributed by atoms with Crippen molar-refractivity contribution in [3.63, 3.8) is 0 Å². The summed E-state index contributed by atoms with van der Waals surface area (Å²) in [5.41, 5.74) is 0. The van der Waals surface area contributed by atoms with Crippen molar-refractivity contribution >= 4 is 46.7 Å². The molecule has 0 radical (unpaired) electrons. The molecule has 1 saturated heterocycles. The van der Waals surface area contributed by atoms with Gasteiger partial charge in [0.15, 0.2) is 4.34 Å². The predicted octanol–water partition coefficient (Wildman–Crippen LogP) is 1.92. The Kier molecular flexibility index (Phi) is 6.07. The minimum atomic E-state index is -0.410. The number of amides is 1. The largest absolute Gasteiger partial charge is 0.463 e. The maximum atomic E-state index is 11.8. The Balaban J connectivity index is 1.89. The van der Waals surface area contributed by atoms with Crippen LogP contribution in [0.1, 0.15) is 11.9 Å². The van der Waals surface area contributed by atoms with Crippen molar-refractivity contribution in [2.75, 3.05) is 24.7 Å². The van der Waals surface area contributed by atoms with Gasteiger partial charge in [-0.1, -0.05) is 34.9 Å². The summed E-state index contributed by atoms with van der Waals surface area (Å²) in [6.45, 7) is 4.53. The number of hydrogen-bond donors (Lipinski definition) is 0. The van der Waals surface area contributed by atoms with Gasteiger partial charge in [-0.05, 0) is 13.8 Å². The minimum absolute atomic E-state index is 0.0181. The van der Waals surface area contributed by atoms with E-state index in [1.807, 2.05) is 6.92 Å². The zero-order valence-electron chi connectivity index (χ0n) is 11.7. The number of aryl methyl sites for hydroxylation is 1. The molecule has 6 nitrogen and oxygen atoms in total. The van der Waals surface area contributed by atoms with Gasteiger partial charge in [-0.2, -0.15) is 0 Å². The molecule has 1 amide bonds. The summed E-state index contributed by atoms with van der Waals surface area (Å²) in [4.78, 5) is 25.0. The lowest BCUT2D eigenvalue weighted by atomic mass is 10.5. The summed E-state index contributed by atoms with van der Waals surface area (Å²) in [7, 11) is 0. The molecule has 0 bridgehead atoms. The van der Waals surface area contributed by atoms with E-state index in [0.29, 0.717) is 29.7 Å². The molecule has 0 unspecified atom stereocenters. The number of rotatable bonds is 6. The van der Waals surface area contributed by atoms with E-state index in [1.165, 1.54) is 29.2 Å². The maximum Gasteiger partial charge on any atom is 0.333 e. The van der Waals surface area contributed by atoms with Gasteiger partial charge in [0.2, 0.25) is 5.91 Å². The molecule has 0 spiro atoms. The normalized spacial score (nSPS) is 16.8. The number of esters is 1. The topological polar surface area (TPSA) is 72.4 Å². The van der Waals surface area contributed by atoms with Crippen molar-refractivity contribution < 1.29 is 14.3 Å². The van der Waals surface area contributed by atoms with Crippen LogP contribution in [0.5, 0.6) is 0 Å². The highest BCUT2D eigenvalue weighted by Gasteiger charge is 2.27. The van der Waals surface area contributed by atoms with Gasteiger partial charge < -0.3 is 9.64 Å². The van der Waals surface area contributed by atoms with E-state index in [0.717, 1.165) is 9.35 Å². The van der Waals surface area contributed by atoms with Crippen molar-refractivity contribution in [2.45, 2.75) is 18.2 Å². The van der Waals surface area contributed by atoms with Crippen LogP contribution in [0.15, 0.2) is 15.4 Å². The fraction of sp³-hybridized carbons (Fsp3) is 0.500. The first-order valence-corrected chi connectivity index (χ1v) is 9.13. The molecule has 2 heterocycles. The molecule has 1 aromatic rings. The van der Waals surface area contributed by atoms with Crippen molar-refractivity contribution in [2.24, 2.45) is 0 Å². The molecule has 114 valence electrons. The molecule has 1 aromatic heterocycles. The van der Waals surface area contributed by atoms with Gasteiger partial charge in [-0.15, -0.1) is 10.2 Å². The molecule has 0 aliphatic carbocycles. The SMILES string of the molecule is CCOC(=O)/C=C1\SCC(=O)N1CCSc1nnc(C)s1. The highest BCUT2D eigenvalue weighted by molar-refractivity contribution is 8.04. The third kappa shape index (κ3) is 4.72. The van der Waals surface area contributed by atoms with Gasteiger partial charge in [0.25, 0.3) is 0 Å². The smallest absolute Gasteiger partial charge is 0.333 e. The van der Waals surface area contributed by atoms with Gasteiger partial charge in [-0.3, -0.25) is 4.79 Å². The molecule has 0 N–H and O–H groups in total. The highest BCUT2D eigenvalue weighted by atomic mass is 32.2. The van der Waals surface area contributed by atoms with Crippen LogP contribution in [-0.4, -0.2) is 51.6 Å². The van der Waals surface area contributed by atoms with Gasteiger partial charge in [-0.25, -0.2) is 4.79 Å². The number of aromatic nitrogens is 2. The second-order valence-corrected chi connectivity index (χ2v) is 7.52. The van der Waals surface area contributed by atoms with E-state index in [1.54, 1.807) is 23.6 Å². The summed E-state index contributed by atoms with van der Waals surface area (Å²) < 4.78 is 5.77. The second kappa shape index (κ2) is 7.81. The lowest BCUT2D eigenvalue weighted by Crippen LogP contribution is -2.27. The first-order chi connectivity index (χ1) is 10.1. The van der Waals surface area contributed by atoms with Gasteiger partial charge in [0.05, 0.1) is 23.5 Å². The number of nitrogens with zero attached hydrogens (tertiary/aromatic N) is 3. The van der Waals surface area contributed by atoms with Crippen LogP contribution in [-0.2, 0) is 14.3 Å². The molecule has 1 aliphatic rings. The van der Waals surface area contributed by atoms with Crippen molar-refractivity contribution in [3.05, 3.63) is 16.1 Å². The van der Waals surface area contributed by atoms with Gasteiger partial charge in [0, 0.05) is 12.3 Å². The van der Waals surface area contributed by atoms with Crippen LogP contribution in [0.4, 0.5) is 0 Å². The Morgan fingerprint density at radius 2 is 2.33 bits per heavy atom. The van der Waals surface area contributed by atoms with Crippen LogP contribution < -0.4 is 0 Å². The average Bonchev–Trinajstić information content (AvgIpc) is 2.99. The number of carbonyl (C=O) groups excluding carboxylic acids is 2. The number of hydrogen-bond acceptors (Lipinski definition) is 8. The molecular formula is C12H15N3O3S3. The zero-order chi connectivity index (χ0) is 15.2. The summed E-state index contributed by atoms with van der Waals surface area (Å²) in [6, 6.07) is 0. The number of carbonyl (C=O) groups is 2. The molecule has 1 aliphatic heterocycles. The lowest BCUT2D eigenvalue weighted by molar-refractivity contribution is -0.137. The van der Waals surface area contributed by atoms with E-state index >= 15 is 0 Å². The first kappa shape index (κ1) is 16.3. The summed E-state index contributed by atoms with van der Waals surface area (Å²) in [6.07, 6.45) is 1.39. The molecule has 0 saturated carbocycles. The Labute approximate surface area is 135 Å². The van der Waals surface area contributed by atoms with Crippen LogP contribution in [0.3, 0.4) is 0 Å². The fourth-order valence-corrected chi connectivity index (χ4v) is 4.38. The van der Waals surface area contributed by atoms with Crippen molar-refractivity contribution in [3.8, 4) is 0 Å². The summed E-state index contributed by atoms with van der Waals surface area (Å²) >= 11 is 4.46. The number of ether oxygens (including phenoxy) is 1. The third-order valence-electron chi connectivity index (χ3n) is 2.49. The Morgan fingerprint density at radius 3 is 3.00 bits per heavy atom. The monoisotopic (exact) mass is 345 g/mol. The van der Waals surface area contributed by atoms with E-state index in [9.17, 15) is 9.59 Å². The molecule has 0 aromatic carbocycles. The zero-order valence-corrected chi connectivity index (χ0v) is 14.1. The molecule has 21 heavy (non-hydrogen) atoms. The molecule has 9 heteroatoms. The van der Waals surface area contributed by atoms with Crippen molar-refractivity contribution in [1.29, 1.82) is 0 Å². The van der Waals surface area contributed by atoms with Crippen molar-refractivity contribution in [1.82, 2.24) is 15.1 Å². The van der Waals surface area contributed by atoms with E-state index in [4.69, 9.17) is 4.74 Å². The molecule has 2 rings (SSSR count). The standard InChI is InChI=1S/C12H15N3O3S3/c1-3-18-11(17)6-10-15(9(16)7-20-10)4-5-19-12-14-13-8(2)21-12/h6H,3-5,7H2,1-2H3/b10-6-. The third-order valence-corrected chi connectivity index (χ3v) is 5.46. The van der Waals surface area contributed by atoms with Crippen LogP contribution in [0.2, 0.25) is 0 Å². The van der Waals surface area contributed by atoms with E-state index < -0.39 is 5.97 Å². The van der Waals surface area contributed by atoms with E-state index in [-0.39, 0.29) is 5.91 Å². The molecule has 0 atom stereocenters. The average molecular weight is 345 g/mol. The lowest BCUT2D eigenvalue weighted by Gasteiger charge is -2.16. The highest BCUT2D eigenvalue weighted by Crippen LogP contribution is 2.30. The molecule has 1 fully saturated rings. The maximum absolute atomic E-state index is 11.8. The second-order valence-electron chi connectivity index (χ2n) is 4.00.